The van der Waals surface area contributed by atoms with Crippen molar-refractivity contribution in [2.24, 2.45) is 11.8 Å². The second kappa shape index (κ2) is 3.22. The number of aliphatic hydroxyl groups excluding tert-OH is 1. The van der Waals surface area contributed by atoms with Crippen molar-refractivity contribution in [3.8, 4) is 0 Å². The lowest BCUT2D eigenvalue weighted by Crippen LogP contribution is -2.25. The molecule has 1 saturated heterocycles. The molecule has 0 saturated carbocycles. The minimum atomic E-state index is -0.136. The Balaban J connectivity index is 2.52. The molecule has 1 fully saturated rings. The zero-order valence-corrected chi connectivity index (χ0v) is 6.91. The van der Waals surface area contributed by atoms with Gasteiger partial charge in [0, 0.05) is 18.4 Å². The molecular formula is C8H14O3. The van der Waals surface area contributed by atoms with Crippen LogP contribution in [0.5, 0.6) is 0 Å². The summed E-state index contributed by atoms with van der Waals surface area (Å²) < 4.78 is 5.03. The third kappa shape index (κ3) is 1.71. The van der Waals surface area contributed by atoms with Gasteiger partial charge in [0.25, 0.3) is 0 Å². The van der Waals surface area contributed by atoms with Crippen molar-refractivity contribution in [1.82, 2.24) is 0 Å². The average Bonchev–Trinajstić information content (AvgIpc) is 2.28. The number of hydrogen-bond donors (Lipinski definition) is 1. The summed E-state index contributed by atoms with van der Waals surface area (Å²) in [5.41, 5.74) is 0. The lowest BCUT2D eigenvalue weighted by Gasteiger charge is -2.18. The predicted molar refractivity (Wildman–Crippen MR) is 39.9 cm³/mol. The molecule has 1 heterocycles. The molecule has 1 aliphatic rings. The van der Waals surface area contributed by atoms with E-state index in [9.17, 15) is 4.79 Å². The van der Waals surface area contributed by atoms with Crippen LogP contribution in [0, 0.1) is 11.8 Å². The fourth-order valence-corrected chi connectivity index (χ4v) is 1.48. The summed E-state index contributed by atoms with van der Waals surface area (Å²) in [6.07, 6.45) is 0.419. The summed E-state index contributed by atoms with van der Waals surface area (Å²) in [5, 5.41) is 8.81. The van der Waals surface area contributed by atoms with Crippen LogP contribution >= 0.6 is 0 Å². The highest BCUT2D eigenvalue weighted by Gasteiger charge is 2.34. The van der Waals surface area contributed by atoms with Gasteiger partial charge in [-0.2, -0.15) is 0 Å². The van der Waals surface area contributed by atoms with E-state index in [1.807, 2.05) is 13.8 Å². The molecular weight excluding hydrogens is 144 g/mol. The van der Waals surface area contributed by atoms with Crippen LogP contribution in [-0.2, 0) is 9.53 Å². The zero-order valence-electron chi connectivity index (χ0n) is 6.91. The van der Waals surface area contributed by atoms with E-state index in [1.165, 1.54) is 0 Å². The first-order chi connectivity index (χ1) is 5.15. The third-order valence-electron chi connectivity index (χ3n) is 2.17. The second-order valence-electron chi connectivity index (χ2n) is 3.30. The zero-order chi connectivity index (χ0) is 8.43. The van der Waals surface area contributed by atoms with Crippen LogP contribution < -0.4 is 0 Å². The molecule has 11 heavy (non-hydrogen) atoms. The first-order valence-corrected chi connectivity index (χ1v) is 3.95. The van der Waals surface area contributed by atoms with Gasteiger partial charge < -0.3 is 9.84 Å². The van der Waals surface area contributed by atoms with E-state index in [4.69, 9.17) is 9.84 Å². The Labute approximate surface area is 66.4 Å². The van der Waals surface area contributed by atoms with Crippen LogP contribution in [-0.4, -0.2) is 23.8 Å². The molecule has 0 aliphatic carbocycles. The second-order valence-corrected chi connectivity index (χ2v) is 3.30. The van der Waals surface area contributed by atoms with Gasteiger partial charge in [0.15, 0.2) is 0 Å². The first kappa shape index (κ1) is 8.53. The Bertz CT molecular complexity index is 155. The minimum Gasteiger partial charge on any atom is -0.462 e. The number of cyclic esters (lactones) is 1. The van der Waals surface area contributed by atoms with E-state index in [1.54, 1.807) is 0 Å². The number of hydrogen-bond acceptors (Lipinski definition) is 3. The molecule has 1 rings (SSSR count). The van der Waals surface area contributed by atoms with E-state index in [0.29, 0.717) is 6.42 Å². The number of carbonyl (C=O) groups excluding carboxylic acids is 1. The molecule has 3 atom stereocenters. The Hall–Kier alpha value is -0.570. The van der Waals surface area contributed by atoms with E-state index in [0.717, 1.165) is 0 Å². The topological polar surface area (TPSA) is 46.5 Å². The standard InChI is InChI=1S/C8H14O3/c1-5-3-7(10)11-8(5)6(2)4-9/h5-6,8-9H,3-4H2,1-2H3/t5-,6-,8-/m0/s1. The van der Waals surface area contributed by atoms with Gasteiger partial charge in [-0.05, 0) is 0 Å². The van der Waals surface area contributed by atoms with E-state index in [2.05, 4.69) is 0 Å². The van der Waals surface area contributed by atoms with Crippen LogP contribution in [0.4, 0.5) is 0 Å². The van der Waals surface area contributed by atoms with Crippen LogP contribution in [0.2, 0.25) is 0 Å². The van der Waals surface area contributed by atoms with Gasteiger partial charge in [0.2, 0.25) is 0 Å². The Morgan fingerprint density at radius 1 is 1.82 bits per heavy atom. The van der Waals surface area contributed by atoms with Gasteiger partial charge in [-0.25, -0.2) is 0 Å². The van der Waals surface area contributed by atoms with Crippen molar-refractivity contribution in [1.29, 1.82) is 0 Å². The van der Waals surface area contributed by atoms with Gasteiger partial charge in [0.1, 0.15) is 6.10 Å². The Kier molecular flexibility index (Phi) is 2.49. The monoisotopic (exact) mass is 158 g/mol. The van der Waals surface area contributed by atoms with Gasteiger partial charge >= 0.3 is 5.97 Å². The van der Waals surface area contributed by atoms with Crippen molar-refractivity contribution in [2.45, 2.75) is 26.4 Å². The molecule has 0 aromatic carbocycles. The van der Waals surface area contributed by atoms with E-state index >= 15 is 0 Å². The van der Waals surface area contributed by atoms with Crippen LogP contribution in [0.25, 0.3) is 0 Å². The van der Waals surface area contributed by atoms with Crippen molar-refractivity contribution < 1.29 is 14.6 Å². The largest absolute Gasteiger partial charge is 0.462 e. The molecule has 0 unspecified atom stereocenters. The summed E-state index contributed by atoms with van der Waals surface area (Å²) >= 11 is 0. The Morgan fingerprint density at radius 3 is 2.82 bits per heavy atom. The molecule has 0 amide bonds. The SMILES string of the molecule is C[C@@H](CO)[C@H]1OC(=O)C[C@@H]1C. The average molecular weight is 158 g/mol. The molecule has 3 heteroatoms. The fourth-order valence-electron chi connectivity index (χ4n) is 1.48. The highest BCUT2D eigenvalue weighted by molar-refractivity contribution is 5.72. The van der Waals surface area contributed by atoms with Crippen LogP contribution in [0.1, 0.15) is 20.3 Å². The van der Waals surface area contributed by atoms with Gasteiger partial charge in [-0.15, -0.1) is 0 Å². The van der Waals surface area contributed by atoms with Crippen molar-refractivity contribution in [3.63, 3.8) is 0 Å². The molecule has 0 spiro atoms. The maximum absolute atomic E-state index is 10.8. The lowest BCUT2D eigenvalue weighted by molar-refractivity contribution is -0.143. The summed E-state index contributed by atoms with van der Waals surface area (Å²) in [7, 11) is 0. The van der Waals surface area contributed by atoms with Gasteiger partial charge in [-0.1, -0.05) is 13.8 Å². The van der Waals surface area contributed by atoms with Gasteiger partial charge in [-0.3, -0.25) is 4.79 Å². The summed E-state index contributed by atoms with van der Waals surface area (Å²) in [4.78, 5) is 10.8. The van der Waals surface area contributed by atoms with Crippen molar-refractivity contribution >= 4 is 5.97 Å². The Morgan fingerprint density at radius 2 is 2.45 bits per heavy atom. The number of ether oxygens (including phenoxy) is 1. The van der Waals surface area contributed by atoms with Crippen molar-refractivity contribution in [3.05, 3.63) is 0 Å². The predicted octanol–water partition coefficient (Wildman–Crippen LogP) is 0.566. The number of carbonyl (C=O) groups is 1. The third-order valence-corrected chi connectivity index (χ3v) is 2.17. The molecule has 0 aromatic heterocycles. The fraction of sp³-hybridized carbons (Fsp3) is 0.875. The van der Waals surface area contributed by atoms with E-state index in [-0.39, 0.29) is 30.5 Å². The quantitative estimate of drug-likeness (QED) is 0.597. The summed E-state index contributed by atoms with van der Waals surface area (Å²) in [6, 6.07) is 0. The number of rotatable bonds is 2. The first-order valence-electron chi connectivity index (χ1n) is 3.95. The normalized spacial score (nSPS) is 33.5. The smallest absolute Gasteiger partial charge is 0.306 e. The minimum absolute atomic E-state index is 0.0662. The van der Waals surface area contributed by atoms with E-state index < -0.39 is 0 Å². The molecule has 0 bridgehead atoms. The molecule has 0 aromatic rings. The van der Waals surface area contributed by atoms with Crippen molar-refractivity contribution in [2.75, 3.05) is 6.61 Å². The highest BCUT2D eigenvalue weighted by atomic mass is 16.6. The highest BCUT2D eigenvalue weighted by Crippen LogP contribution is 2.26. The lowest BCUT2D eigenvalue weighted by atomic mass is 9.94. The molecule has 0 radical (unpaired) electrons. The summed E-state index contributed by atoms with van der Waals surface area (Å²) in [6.45, 7) is 3.95. The number of aliphatic hydroxyl groups is 1. The molecule has 3 nitrogen and oxygen atoms in total. The van der Waals surface area contributed by atoms with Crippen LogP contribution in [0.3, 0.4) is 0 Å². The summed E-state index contributed by atoms with van der Waals surface area (Å²) in [5.74, 6) is 0.184. The maximum atomic E-state index is 10.8. The van der Waals surface area contributed by atoms with Gasteiger partial charge in [0.05, 0.1) is 6.42 Å². The molecule has 64 valence electrons. The molecule has 1 N–H and O–H groups in total. The molecule has 1 aliphatic heterocycles. The number of esters is 1. The maximum Gasteiger partial charge on any atom is 0.306 e. The van der Waals surface area contributed by atoms with Crippen LogP contribution in [0.15, 0.2) is 0 Å².